The van der Waals surface area contributed by atoms with Crippen LogP contribution in [-0.4, -0.2) is 18.1 Å². The van der Waals surface area contributed by atoms with E-state index in [-0.39, 0.29) is 11.0 Å². The average Bonchev–Trinajstić information content (AvgIpc) is 1.94. The second-order valence-corrected chi connectivity index (χ2v) is 4.33. The number of allylic oxidation sites excluding steroid dienone is 1. The van der Waals surface area contributed by atoms with E-state index in [4.69, 9.17) is 0 Å². The number of hydrogen-bond donors (Lipinski definition) is 0. The van der Waals surface area contributed by atoms with Gasteiger partial charge < -0.3 is 0 Å². The minimum atomic E-state index is -0.116. The molecule has 0 saturated carbocycles. The quantitative estimate of drug-likeness (QED) is 0.491. The zero-order valence-electron chi connectivity index (χ0n) is 8.20. The van der Waals surface area contributed by atoms with Gasteiger partial charge in [0.05, 0.1) is 5.54 Å². The van der Waals surface area contributed by atoms with Crippen molar-refractivity contribution in [2.24, 2.45) is 15.4 Å². The Kier molecular flexibility index (Phi) is 2.18. The molecule has 0 unspecified atom stereocenters. The van der Waals surface area contributed by atoms with Gasteiger partial charge in [-0.05, 0) is 13.8 Å². The summed E-state index contributed by atoms with van der Waals surface area (Å²) in [7, 11) is 0. The molecule has 0 radical (unpaired) electrons. The van der Waals surface area contributed by atoms with E-state index in [0.29, 0.717) is 0 Å². The van der Waals surface area contributed by atoms with Crippen LogP contribution in [0.15, 0.2) is 22.1 Å². The van der Waals surface area contributed by atoms with Gasteiger partial charge in [0.1, 0.15) is 6.34 Å². The molecular formula is C10H16N2. The third kappa shape index (κ3) is 2.61. The van der Waals surface area contributed by atoms with Crippen LogP contribution in [0.1, 0.15) is 27.7 Å². The molecule has 0 bridgehead atoms. The Bertz CT molecular complexity index is 219. The summed E-state index contributed by atoms with van der Waals surface area (Å²) in [6.07, 6.45) is 7.80. The largest absolute Gasteiger partial charge is 0.263 e. The van der Waals surface area contributed by atoms with Crippen LogP contribution in [0.4, 0.5) is 0 Å². The number of hydrogen-bond acceptors (Lipinski definition) is 2. The highest BCUT2D eigenvalue weighted by Gasteiger charge is 2.16. The topological polar surface area (TPSA) is 24.7 Å². The normalized spacial score (nSPS) is 27.7. The molecule has 2 nitrogen and oxygen atoms in total. The van der Waals surface area contributed by atoms with Crippen LogP contribution in [0, 0.1) is 5.41 Å². The van der Waals surface area contributed by atoms with Crippen LogP contribution < -0.4 is 0 Å². The Morgan fingerprint density at radius 3 is 2.33 bits per heavy atom. The van der Waals surface area contributed by atoms with E-state index < -0.39 is 0 Å². The van der Waals surface area contributed by atoms with Gasteiger partial charge in [0.15, 0.2) is 0 Å². The van der Waals surface area contributed by atoms with Crippen LogP contribution >= 0.6 is 0 Å². The van der Waals surface area contributed by atoms with E-state index in [9.17, 15) is 0 Å². The maximum absolute atomic E-state index is 4.27. The van der Waals surface area contributed by atoms with Gasteiger partial charge >= 0.3 is 0 Å². The highest BCUT2D eigenvalue weighted by Crippen LogP contribution is 2.20. The lowest BCUT2D eigenvalue weighted by atomic mass is 9.91. The molecule has 1 rings (SSSR count). The maximum atomic E-state index is 4.27. The minimum Gasteiger partial charge on any atom is -0.263 e. The Labute approximate surface area is 74.1 Å². The van der Waals surface area contributed by atoms with E-state index in [1.54, 1.807) is 6.34 Å². The van der Waals surface area contributed by atoms with Crippen molar-refractivity contribution < 1.29 is 0 Å². The Hall–Kier alpha value is -0.920. The zero-order valence-corrected chi connectivity index (χ0v) is 8.20. The van der Waals surface area contributed by atoms with Gasteiger partial charge in [-0.1, -0.05) is 26.0 Å². The highest BCUT2D eigenvalue weighted by molar-refractivity contribution is 5.78. The first-order chi connectivity index (χ1) is 5.41. The fourth-order valence-corrected chi connectivity index (χ4v) is 0.912. The summed E-state index contributed by atoms with van der Waals surface area (Å²) in [5, 5.41) is 0. The third-order valence-corrected chi connectivity index (χ3v) is 1.79. The molecule has 0 amide bonds. The highest BCUT2D eigenvalue weighted by atomic mass is 14.9. The van der Waals surface area contributed by atoms with Crippen molar-refractivity contribution >= 4 is 12.6 Å². The first-order valence-electron chi connectivity index (χ1n) is 4.20. The lowest BCUT2D eigenvalue weighted by Gasteiger charge is -2.20. The second kappa shape index (κ2) is 2.85. The number of aliphatic imine (C=N–C) groups is 2. The SMILES string of the molecule is CC1(C)C=NC=NC(C)(C)/C=C\1. The Balaban J connectivity index is 2.97. The summed E-state index contributed by atoms with van der Waals surface area (Å²) in [4.78, 5) is 8.38. The van der Waals surface area contributed by atoms with Crippen LogP contribution in [0.3, 0.4) is 0 Å². The van der Waals surface area contributed by atoms with Crippen LogP contribution in [0.5, 0.6) is 0 Å². The van der Waals surface area contributed by atoms with E-state index in [1.807, 2.05) is 6.21 Å². The van der Waals surface area contributed by atoms with Crippen LogP contribution in [0.2, 0.25) is 0 Å². The van der Waals surface area contributed by atoms with Gasteiger partial charge in [-0.2, -0.15) is 0 Å². The van der Waals surface area contributed by atoms with Gasteiger partial charge in [0.2, 0.25) is 0 Å². The van der Waals surface area contributed by atoms with Gasteiger partial charge in [0, 0.05) is 11.6 Å². The molecule has 1 aliphatic heterocycles. The van der Waals surface area contributed by atoms with Gasteiger partial charge in [-0.25, -0.2) is 4.99 Å². The fraction of sp³-hybridized carbons (Fsp3) is 0.600. The zero-order chi connectivity index (χ0) is 9.24. The fourth-order valence-electron chi connectivity index (χ4n) is 0.912. The molecule has 0 spiro atoms. The lowest BCUT2D eigenvalue weighted by molar-refractivity contribution is 0.625. The Morgan fingerprint density at radius 2 is 1.67 bits per heavy atom. The average molecular weight is 164 g/mol. The van der Waals surface area contributed by atoms with Gasteiger partial charge in [-0.3, -0.25) is 4.99 Å². The summed E-state index contributed by atoms with van der Waals surface area (Å²) < 4.78 is 0. The number of rotatable bonds is 0. The van der Waals surface area contributed by atoms with Crippen molar-refractivity contribution in [3.05, 3.63) is 12.2 Å². The standard InChI is InChI=1S/C10H16N2/c1-9(2)5-6-10(3,4)12-8-11-7-9/h5-8H,1-4H3/b6-5-,11-7?,12-8?. The second-order valence-electron chi connectivity index (χ2n) is 4.33. The first-order valence-corrected chi connectivity index (χ1v) is 4.20. The molecule has 12 heavy (non-hydrogen) atoms. The van der Waals surface area contributed by atoms with Crippen molar-refractivity contribution in [1.29, 1.82) is 0 Å². The molecular weight excluding hydrogens is 148 g/mol. The van der Waals surface area contributed by atoms with Crippen molar-refractivity contribution in [3.63, 3.8) is 0 Å². The monoisotopic (exact) mass is 164 g/mol. The molecule has 1 heterocycles. The van der Waals surface area contributed by atoms with Crippen LogP contribution in [-0.2, 0) is 0 Å². The molecule has 0 aromatic rings. The van der Waals surface area contributed by atoms with Gasteiger partial charge in [-0.15, -0.1) is 0 Å². The van der Waals surface area contributed by atoms with Crippen molar-refractivity contribution in [1.82, 2.24) is 0 Å². The summed E-state index contributed by atoms with van der Waals surface area (Å²) >= 11 is 0. The smallest absolute Gasteiger partial charge is 0.110 e. The number of nitrogens with zero attached hydrogens (tertiary/aromatic N) is 2. The molecule has 0 saturated heterocycles. The van der Waals surface area contributed by atoms with Crippen molar-refractivity contribution in [2.75, 3.05) is 0 Å². The lowest BCUT2D eigenvalue weighted by Crippen LogP contribution is -2.18. The van der Waals surface area contributed by atoms with E-state index >= 15 is 0 Å². The first kappa shape index (κ1) is 9.17. The predicted octanol–water partition coefficient (Wildman–Crippen LogP) is 2.46. The minimum absolute atomic E-state index is 0.0453. The molecule has 0 N–H and O–H groups in total. The molecule has 0 atom stereocenters. The Morgan fingerprint density at radius 1 is 1.00 bits per heavy atom. The maximum Gasteiger partial charge on any atom is 0.110 e. The third-order valence-electron chi connectivity index (χ3n) is 1.79. The summed E-state index contributed by atoms with van der Waals surface area (Å²) in [5.41, 5.74) is -0.0707. The summed E-state index contributed by atoms with van der Waals surface area (Å²) in [5.74, 6) is 0. The molecule has 0 aromatic carbocycles. The summed E-state index contributed by atoms with van der Waals surface area (Å²) in [6.45, 7) is 8.39. The molecule has 0 aliphatic carbocycles. The van der Waals surface area contributed by atoms with Crippen molar-refractivity contribution in [3.8, 4) is 0 Å². The molecule has 1 aliphatic rings. The van der Waals surface area contributed by atoms with E-state index in [2.05, 4.69) is 49.8 Å². The molecule has 0 fully saturated rings. The predicted molar refractivity (Wildman–Crippen MR) is 54.0 cm³/mol. The summed E-state index contributed by atoms with van der Waals surface area (Å²) in [6, 6.07) is 0. The molecule has 2 heteroatoms. The van der Waals surface area contributed by atoms with Crippen LogP contribution in [0.25, 0.3) is 0 Å². The van der Waals surface area contributed by atoms with E-state index in [1.165, 1.54) is 0 Å². The van der Waals surface area contributed by atoms with Gasteiger partial charge in [0.25, 0.3) is 0 Å². The molecule has 0 aromatic heterocycles. The van der Waals surface area contributed by atoms with E-state index in [0.717, 1.165) is 0 Å². The van der Waals surface area contributed by atoms with Crippen molar-refractivity contribution in [2.45, 2.75) is 33.2 Å². The molecule has 66 valence electrons.